The number of benzene rings is 1. The molecular weight excluding hydrogens is 328 g/mol. The summed E-state index contributed by atoms with van der Waals surface area (Å²) < 4.78 is 1.94. The first-order valence-corrected chi connectivity index (χ1v) is 9.42. The molecule has 2 amide bonds. The molecule has 0 unspecified atom stereocenters. The minimum Gasteiger partial charge on any atom is -0.338 e. The van der Waals surface area contributed by atoms with Gasteiger partial charge in [0.15, 0.2) is 0 Å². The summed E-state index contributed by atoms with van der Waals surface area (Å²) in [4.78, 5) is 26.4. The standard InChI is InChI=1S/C20H24N4O2/c25-19-9-4-12-23(19)14-15-5-3-6-16(13-15)20(26)22-18-10-11-21-24(18)17-7-1-2-8-17/h3,5-6,10-11,13,17H,1-2,4,7-9,12,14H2,(H,22,26). The first-order chi connectivity index (χ1) is 12.7. The molecular formula is C20H24N4O2. The monoisotopic (exact) mass is 352 g/mol. The zero-order chi connectivity index (χ0) is 17.9. The van der Waals surface area contributed by atoms with Gasteiger partial charge in [0.1, 0.15) is 5.82 Å². The van der Waals surface area contributed by atoms with Crippen molar-refractivity contribution in [2.75, 3.05) is 11.9 Å². The largest absolute Gasteiger partial charge is 0.338 e. The molecule has 1 N–H and O–H groups in total. The number of rotatable bonds is 5. The smallest absolute Gasteiger partial charge is 0.256 e. The number of aromatic nitrogens is 2. The van der Waals surface area contributed by atoms with Gasteiger partial charge in [0, 0.05) is 31.1 Å². The normalized spacial score (nSPS) is 17.8. The highest BCUT2D eigenvalue weighted by Gasteiger charge is 2.22. The van der Waals surface area contributed by atoms with Crippen molar-refractivity contribution in [2.45, 2.75) is 51.1 Å². The molecule has 136 valence electrons. The molecule has 1 aromatic heterocycles. The fraction of sp³-hybridized carbons (Fsp3) is 0.450. The lowest BCUT2D eigenvalue weighted by Gasteiger charge is -2.16. The van der Waals surface area contributed by atoms with Crippen molar-refractivity contribution < 1.29 is 9.59 Å². The second-order valence-electron chi connectivity index (χ2n) is 7.17. The summed E-state index contributed by atoms with van der Waals surface area (Å²) in [5.74, 6) is 0.807. The van der Waals surface area contributed by atoms with Gasteiger partial charge >= 0.3 is 0 Å². The molecule has 1 saturated heterocycles. The molecule has 2 heterocycles. The Morgan fingerprint density at radius 2 is 2.04 bits per heavy atom. The highest BCUT2D eigenvalue weighted by atomic mass is 16.2. The number of anilines is 1. The molecule has 2 aromatic rings. The number of nitrogens with one attached hydrogen (secondary N) is 1. The van der Waals surface area contributed by atoms with Gasteiger partial charge in [0.2, 0.25) is 5.91 Å². The van der Waals surface area contributed by atoms with E-state index in [1.807, 2.05) is 33.8 Å². The van der Waals surface area contributed by atoms with Gasteiger partial charge < -0.3 is 10.2 Å². The van der Waals surface area contributed by atoms with Crippen LogP contribution in [-0.2, 0) is 11.3 Å². The Balaban J connectivity index is 1.46. The van der Waals surface area contributed by atoms with Gasteiger partial charge in [-0.15, -0.1) is 0 Å². The molecule has 1 saturated carbocycles. The number of hydrogen-bond donors (Lipinski definition) is 1. The van der Waals surface area contributed by atoms with Gasteiger partial charge in [-0.2, -0.15) is 5.10 Å². The summed E-state index contributed by atoms with van der Waals surface area (Å²) in [7, 11) is 0. The zero-order valence-electron chi connectivity index (χ0n) is 14.9. The van der Waals surface area contributed by atoms with Crippen LogP contribution in [0.4, 0.5) is 5.82 Å². The Bertz CT molecular complexity index is 808. The quantitative estimate of drug-likeness (QED) is 0.897. The molecule has 0 spiro atoms. The molecule has 6 heteroatoms. The van der Waals surface area contributed by atoms with Gasteiger partial charge in [0.05, 0.1) is 12.2 Å². The zero-order valence-corrected chi connectivity index (χ0v) is 14.9. The van der Waals surface area contributed by atoms with Crippen molar-refractivity contribution in [2.24, 2.45) is 0 Å². The van der Waals surface area contributed by atoms with Gasteiger partial charge in [-0.25, -0.2) is 4.68 Å². The van der Waals surface area contributed by atoms with E-state index >= 15 is 0 Å². The van der Waals surface area contributed by atoms with E-state index in [-0.39, 0.29) is 11.8 Å². The third-order valence-corrected chi connectivity index (χ3v) is 5.32. The van der Waals surface area contributed by atoms with Crippen molar-refractivity contribution in [3.05, 3.63) is 47.7 Å². The van der Waals surface area contributed by atoms with Crippen LogP contribution in [-0.4, -0.2) is 33.0 Å². The summed E-state index contributed by atoms with van der Waals surface area (Å²) in [6.07, 6.45) is 7.96. The lowest BCUT2D eigenvalue weighted by atomic mass is 10.1. The fourth-order valence-electron chi connectivity index (χ4n) is 3.94. The van der Waals surface area contributed by atoms with Crippen LogP contribution < -0.4 is 5.32 Å². The van der Waals surface area contributed by atoms with Crippen LogP contribution in [0.25, 0.3) is 0 Å². The lowest BCUT2D eigenvalue weighted by Crippen LogP contribution is -2.24. The SMILES string of the molecule is O=C(Nc1ccnn1C1CCCC1)c1cccc(CN2CCCC2=O)c1. The summed E-state index contributed by atoms with van der Waals surface area (Å²) >= 11 is 0. The summed E-state index contributed by atoms with van der Waals surface area (Å²) in [6, 6.07) is 9.75. The Kier molecular flexibility index (Phi) is 4.73. The molecule has 1 aromatic carbocycles. The first kappa shape index (κ1) is 16.8. The summed E-state index contributed by atoms with van der Waals surface area (Å²) in [5.41, 5.74) is 1.59. The molecule has 1 aliphatic heterocycles. The number of nitrogens with zero attached hydrogens (tertiary/aromatic N) is 3. The van der Waals surface area contributed by atoms with Gasteiger partial charge in [0.25, 0.3) is 5.91 Å². The molecule has 0 atom stereocenters. The summed E-state index contributed by atoms with van der Waals surface area (Å²) in [6.45, 7) is 1.37. The van der Waals surface area contributed by atoms with Crippen molar-refractivity contribution in [3.63, 3.8) is 0 Å². The van der Waals surface area contributed by atoms with Crippen LogP contribution in [0.5, 0.6) is 0 Å². The third-order valence-electron chi connectivity index (χ3n) is 5.32. The average molecular weight is 352 g/mol. The third kappa shape index (κ3) is 3.49. The van der Waals surface area contributed by atoms with Crippen LogP contribution in [0.3, 0.4) is 0 Å². The van der Waals surface area contributed by atoms with Gasteiger partial charge in [-0.05, 0) is 37.0 Å². The molecule has 4 rings (SSSR count). The van der Waals surface area contributed by atoms with Gasteiger partial charge in [-0.1, -0.05) is 25.0 Å². The Morgan fingerprint density at radius 3 is 2.81 bits per heavy atom. The van der Waals surface area contributed by atoms with Crippen LogP contribution in [0, 0.1) is 0 Å². The van der Waals surface area contributed by atoms with Crippen LogP contribution in [0.1, 0.15) is 60.5 Å². The minimum absolute atomic E-state index is 0.139. The second kappa shape index (κ2) is 7.32. The predicted octanol–water partition coefficient (Wildman–Crippen LogP) is 3.37. The van der Waals surface area contributed by atoms with Crippen LogP contribution >= 0.6 is 0 Å². The van der Waals surface area contributed by atoms with Crippen molar-refractivity contribution in [1.29, 1.82) is 0 Å². The number of hydrogen-bond acceptors (Lipinski definition) is 3. The molecule has 2 aliphatic rings. The number of carbonyl (C=O) groups excluding carboxylic acids is 2. The van der Waals surface area contributed by atoms with Crippen molar-refractivity contribution in [1.82, 2.24) is 14.7 Å². The number of likely N-dealkylation sites (tertiary alicyclic amines) is 1. The second-order valence-corrected chi connectivity index (χ2v) is 7.17. The average Bonchev–Trinajstić information content (AvgIpc) is 3.38. The Morgan fingerprint density at radius 1 is 1.19 bits per heavy atom. The first-order valence-electron chi connectivity index (χ1n) is 9.42. The molecule has 0 bridgehead atoms. The van der Waals surface area contributed by atoms with E-state index in [9.17, 15) is 9.59 Å². The molecule has 1 aliphatic carbocycles. The van der Waals surface area contributed by atoms with Crippen molar-refractivity contribution >= 4 is 17.6 Å². The highest BCUT2D eigenvalue weighted by Crippen LogP contribution is 2.31. The Labute approximate surface area is 153 Å². The van der Waals surface area contributed by atoms with Crippen LogP contribution in [0.15, 0.2) is 36.5 Å². The fourth-order valence-corrected chi connectivity index (χ4v) is 3.94. The maximum Gasteiger partial charge on any atom is 0.256 e. The summed E-state index contributed by atoms with van der Waals surface area (Å²) in [5, 5.41) is 7.39. The van der Waals surface area contributed by atoms with E-state index in [1.54, 1.807) is 12.3 Å². The van der Waals surface area contributed by atoms with E-state index in [0.29, 0.717) is 24.6 Å². The lowest BCUT2D eigenvalue weighted by molar-refractivity contribution is -0.128. The predicted molar refractivity (Wildman–Crippen MR) is 98.8 cm³/mol. The van der Waals surface area contributed by atoms with E-state index in [0.717, 1.165) is 37.2 Å². The Hall–Kier alpha value is -2.63. The molecule has 0 radical (unpaired) electrons. The highest BCUT2D eigenvalue weighted by molar-refractivity contribution is 6.03. The van der Waals surface area contributed by atoms with E-state index < -0.39 is 0 Å². The van der Waals surface area contributed by atoms with Crippen LogP contribution in [0.2, 0.25) is 0 Å². The van der Waals surface area contributed by atoms with E-state index in [4.69, 9.17) is 0 Å². The minimum atomic E-state index is -0.139. The maximum atomic E-state index is 12.7. The van der Waals surface area contributed by atoms with E-state index in [1.165, 1.54) is 12.8 Å². The number of amides is 2. The number of carbonyl (C=O) groups is 2. The van der Waals surface area contributed by atoms with Gasteiger partial charge in [-0.3, -0.25) is 9.59 Å². The van der Waals surface area contributed by atoms with E-state index in [2.05, 4.69) is 10.4 Å². The molecule has 26 heavy (non-hydrogen) atoms. The molecule has 6 nitrogen and oxygen atoms in total. The van der Waals surface area contributed by atoms with Crippen molar-refractivity contribution in [3.8, 4) is 0 Å². The maximum absolute atomic E-state index is 12.7. The topological polar surface area (TPSA) is 67.2 Å². The molecule has 2 fully saturated rings.